The molecule has 0 aliphatic heterocycles. The van der Waals surface area contributed by atoms with Gasteiger partial charge in [0.2, 0.25) is 0 Å². The van der Waals surface area contributed by atoms with Crippen molar-refractivity contribution in [3.05, 3.63) is 48.7 Å². The number of nitrogens with zero attached hydrogens (tertiary/aromatic N) is 3. The number of nitro groups is 1. The van der Waals surface area contributed by atoms with Crippen molar-refractivity contribution in [1.29, 1.82) is 0 Å². The van der Waals surface area contributed by atoms with Crippen molar-refractivity contribution in [3.63, 3.8) is 0 Å². The van der Waals surface area contributed by atoms with E-state index in [2.05, 4.69) is 20.9 Å². The van der Waals surface area contributed by atoms with Gasteiger partial charge < -0.3 is 10.0 Å². The lowest BCUT2D eigenvalue weighted by atomic mass is 10.2. The highest BCUT2D eigenvalue weighted by Gasteiger charge is 2.22. The van der Waals surface area contributed by atoms with Gasteiger partial charge in [0.1, 0.15) is 17.6 Å². The van der Waals surface area contributed by atoms with Gasteiger partial charge in [0.15, 0.2) is 0 Å². The fourth-order valence-corrected chi connectivity index (χ4v) is 3.22. The number of carboxylic acid groups (broad SMARTS) is 1. The summed E-state index contributed by atoms with van der Waals surface area (Å²) in [7, 11) is 1.74. The minimum atomic E-state index is -1.35. The lowest BCUT2D eigenvalue weighted by molar-refractivity contribution is -0.385. The van der Waals surface area contributed by atoms with Gasteiger partial charge in [-0.15, -0.1) is 11.3 Å². The molecule has 0 fully saturated rings. The summed E-state index contributed by atoms with van der Waals surface area (Å²) < 4.78 is 0.971. The van der Waals surface area contributed by atoms with E-state index in [0.29, 0.717) is 12.4 Å². The van der Waals surface area contributed by atoms with Gasteiger partial charge in [0, 0.05) is 27.8 Å². The fourth-order valence-electron chi connectivity index (χ4n) is 1.71. The quantitative estimate of drug-likeness (QED) is 0.640. The minimum absolute atomic E-state index is 0.363. The van der Waals surface area contributed by atoms with Crippen molar-refractivity contribution in [2.24, 2.45) is 0 Å². The molecular formula is C12H10BrN3O4S. The van der Waals surface area contributed by atoms with Crippen molar-refractivity contribution in [2.75, 3.05) is 11.9 Å². The molecule has 0 saturated carbocycles. The third kappa shape index (κ3) is 3.56. The van der Waals surface area contributed by atoms with Crippen molar-refractivity contribution >= 4 is 44.7 Å². The molecule has 0 spiro atoms. The standard InChI is InChI=1S/C12H10BrN3O4S/c1-15(5-8-2-7(13)6-21-8)11-3-9(12(17)18)10(4-14-11)16(19)20/h2-4,6H,5H2,1H3,(H,17,18). The minimum Gasteiger partial charge on any atom is -0.477 e. The number of halogens is 1. The lowest BCUT2D eigenvalue weighted by Gasteiger charge is -2.17. The largest absolute Gasteiger partial charge is 0.477 e. The van der Waals surface area contributed by atoms with Crippen LogP contribution in [0, 0.1) is 10.1 Å². The molecule has 0 bridgehead atoms. The second kappa shape index (κ2) is 6.19. The van der Waals surface area contributed by atoms with Crippen LogP contribution in [0.2, 0.25) is 0 Å². The number of pyridine rings is 1. The number of carbonyl (C=O) groups is 1. The molecule has 0 saturated heterocycles. The summed E-state index contributed by atoms with van der Waals surface area (Å²) in [5.74, 6) is -0.986. The zero-order valence-corrected chi connectivity index (χ0v) is 13.2. The molecule has 0 amide bonds. The first-order chi connectivity index (χ1) is 9.88. The van der Waals surface area contributed by atoms with E-state index in [9.17, 15) is 14.9 Å². The molecule has 2 heterocycles. The monoisotopic (exact) mass is 371 g/mol. The Morgan fingerprint density at radius 2 is 2.29 bits per heavy atom. The molecule has 0 aliphatic rings. The van der Waals surface area contributed by atoms with E-state index < -0.39 is 16.6 Å². The normalized spacial score (nSPS) is 10.4. The van der Waals surface area contributed by atoms with E-state index >= 15 is 0 Å². The van der Waals surface area contributed by atoms with Crippen LogP contribution < -0.4 is 4.90 Å². The maximum absolute atomic E-state index is 11.1. The van der Waals surface area contributed by atoms with E-state index in [4.69, 9.17) is 5.11 Å². The topological polar surface area (TPSA) is 96.6 Å². The molecule has 9 heteroatoms. The Bertz CT molecular complexity index is 704. The molecule has 1 N–H and O–H groups in total. The Morgan fingerprint density at radius 1 is 1.57 bits per heavy atom. The summed E-state index contributed by atoms with van der Waals surface area (Å²) in [6, 6.07) is 3.16. The maximum atomic E-state index is 11.1. The van der Waals surface area contributed by atoms with E-state index in [1.165, 1.54) is 6.07 Å². The molecular weight excluding hydrogens is 362 g/mol. The highest BCUT2D eigenvalue weighted by atomic mass is 79.9. The number of aromatic nitrogens is 1. The third-order valence-electron chi connectivity index (χ3n) is 2.70. The molecule has 110 valence electrons. The number of carboxylic acids is 1. The van der Waals surface area contributed by atoms with Crippen molar-refractivity contribution in [1.82, 2.24) is 4.98 Å². The van der Waals surface area contributed by atoms with Crippen molar-refractivity contribution < 1.29 is 14.8 Å². The Hall–Kier alpha value is -2.00. The van der Waals surface area contributed by atoms with Crippen LogP contribution in [-0.4, -0.2) is 28.0 Å². The second-order valence-corrected chi connectivity index (χ2v) is 6.12. The van der Waals surface area contributed by atoms with Gasteiger partial charge >= 0.3 is 11.7 Å². The molecule has 21 heavy (non-hydrogen) atoms. The SMILES string of the molecule is CN(Cc1cc(Br)cs1)c1cc(C(=O)O)c([N+](=O)[O-])cn1. The van der Waals surface area contributed by atoms with E-state index in [1.54, 1.807) is 23.3 Å². The smallest absolute Gasteiger partial charge is 0.342 e. The lowest BCUT2D eigenvalue weighted by Crippen LogP contribution is -2.18. The van der Waals surface area contributed by atoms with Crippen LogP contribution in [0.3, 0.4) is 0 Å². The van der Waals surface area contributed by atoms with E-state index in [1.807, 2.05) is 11.4 Å². The maximum Gasteiger partial charge on any atom is 0.342 e. The number of thiophene rings is 1. The Labute approximate surface area is 132 Å². The molecule has 0 atom stereocenters. The molecule has 2 aromatic rings. The summed E-state index contributed by atoms with van der Waals surface area (Å²) in [5, 5.41) is 21.8. The average molecular weight is 372 g/mol. The summed E-state index contributed by atoms with van der Waals surface area (Å²) in [5.41, 5.74) is -0.886. The summed E-state index contributed by atoms with van der Waals surface area (Å²) in [6.07, 6.45) is 0.972. The Morgan fingerprint density at radius 3 is 2.81 bits per heavy atom. The van der Waals surface area contributed by atoms with Crippen LogP contribution in [-0.2, 0) is 6.54 Å². The van der Waals surface area contributed by atoms with E-state index in [-0.39, 0.29) is 5.56 Å². The average Bonchev–Trinajstić information content (AvgIpc) is 2.83. The highest BCUT2D eigenvalue weighted by Crippen LogP contribution is 2.25. The third-order valence-corrected chi connectivity index (χ3v) is 4.38. The molecule has 0 unspecified atom stereocenters. The summed E-state index contributed by atoms with van der Waals surface area (Å²) >= 11 is 4.91. The predicted molar refractivity (Wildman–Crippen MR) is 82.0 cm³/mol. The van der Waals surface area contributed by atoms with Crippen LogP contribution >= 0.6 is 27.3 Å². The first kappa shape index (κ1) is 15.4. The molecule has 0 aliphatic carbocycles. The first-order valence-electron chi connectivity index (χ1n) is 5.70. The van der Waals surface area contributed by atoms with Gasteiger partial charge in [-0.3, -0.25) is 10.1 Å². The van der Waals surface area contributed by atoms with E-state index in [0.717, 1.165) is 15.5 Å². The van der Waals surface area contributed by atoms with Gasteiger partial charge in [0.05, 0.1) is 11.5 Å². The highest BCUT2D eigenvalue weighted by molar-refractivity contribution is 9.10. The fraction of sp³-hybridized carbons (Fsp3) is 0.167. The number of hydrogen-bond acceptors (Lipinski definition) is 6. The molecule has 2 rings (SSSR count). The zero-order valence-electron chi connectivity index (χ0n) is 10.8. The number of hydrogen-bond donors (Lipinski definition) is 1. The molecule has 7 nitrogen and oxygen atoms in total. The van der Waals surface area contributed by atoms with Gasteiger partial charge in [-0.05, 0) is 22.0 Å². The van der Waals surface area contributed by atoms with Crippen LogP contribution in [0.15, 0.2) is 28.2 Å². The molecule has 0 radical (unpaired) electrons. The molecule has 2 aromatic heterocycles. The molecule has 0 aromatic carbocycles. The van der Waals surface area contributed by atoms with Crippen LogP contribution in [0.5, 0.6) is 0 Å². The van der Waals surface area contributed by atoms with Gasteiger partial charge in [0.25, 0.3) is 0 Å². The van der Waals surface area contributed by atoms with Crippen LogP contribution in [0.25, 0.3) is 0 Å². The number of rotatable bonds is 5. The Balaban J connectivity index is 2.29. The number of aromatic carboxylic acids is 1. The first-order valence-corrected chi connectivity index (χ1v) is 7.37. The second-order valence-electron chi connectivity index (χ2n) is 4.21. The summed E-state index contributed by atoms with van der Waals surface area (Å²) in [4.78, 5) is 27.9. The number of anilines is 1. The van der Waals surface area contributed by atoms with Crippen molar-refractivity contribution in [2.45, 2.75) is 6.54 Å². The Kier molecular flexibility index (Phi) is 4.53. The van der Waals surface area contributed by atoms with Gasteiger partial charge in [-0.1, -0.05) is 0 Å². The van der Waals surface area contributed by atoms with Gasteiger partial charge in [-0.25, -0.2) is 9.78 Å². The summed E-state index contributed by atoms with van der Waals surface area (Å²) in [6.45, 7) is 0.528. The van der Waals surface area contributed by atoms with Crippen LogP contribution in [0.1, 0.15) is 15.2 Å². The van der Waals surface area contributed by atoms with Gasteiger partial charge in [-0.2, -0.15) is 0 Å². The zero-order chi connectivity index (χ0) is 15.6. The predicted octanol–water partition coefficient (Wildman–Crippen LogP) is 3.15. The van der Waals surface area contributed by atoms with Crippen molar-refractivity contribution in [3.8, 4) is 0 Å². The van der Waals surface area contributed by atoms with Crippen LogP contribution in [0.4, 0.5) is 11.5 Å².